The van der Waals surface area contributed by atoms with Gasteiger partial charge in [0.1, 0.15) is 12.7 Å². The lowest BCUT2D eigenvalue weighted by Crippen LogP contribution is -2.42. The van der Waals surface area contributed by atoms with Gasteiger partial charge in [0.25, 0.3) is 0 Å². The maximum atomic E-state index is 10.0. The van der Waals surface area contributed by atoms with Crippen LogP contribution in [0.2, 0.25) is 0 Å². The highest BCUT2D eigenvalue weighted by Crippen LogP contribution is 2.06. The zero-order valence-corrected chi connectivity index (χ0v) is 12.7. The fourth-order valence-electron chi connectivity index (χ4n) is 1.09. The molecule has 1 aliphatic heterocycles. The van der Waals surface area contributed by atoms with Crippen molar-refractivity contribution in [3.8, 4) is 0 Å². The molecule has 0 saturated carbocycles. The van der Waals surface area contributed by atoms with Crippen LogP contribution >= 0.6 is 0 Å². The maximum absolute atomic E-state index is 10.0. The summed E-state index contributed by atoms with van der Waals surface area (Å²) in [4.78, 5) is 10.0. The average Bonchev–Trinajstić information content (AvgIpc) is 2.71. The van der Waals surface area contributed by atoms with Crippen molar-refractivity contribution in [3.05, 3.63) is 0 Å². The minimum atomic E-state index is -6.00. The monoisotopic (exact) mass is 305 g/mol. The molecule has 1 fully saturated rings. The summed E-state index contributed by atoms with van der Waals surface area (Å²) in [5.41, 5.74) is 0. The van der Waals surface area contributed by atoms with E-state index in [0.29, 0.717) is 6.61 Å². The number of nitrogens with zero attached hydrogens (tertiary/aromatic N) is 1. The summed E-state index contributed by atoms with van der Waals surface area (Å²) in [6.07, 6.45) is -0.597. The summed E-state index contributed by atoms with van der Waals surface area (Å²) in [6, 6.07) is 0. The molecule has 1 saturated heterocycles. The van der Waals surface area contributed by atoms with Gasteiger partial charge >= 0.3 is 13.4 Å². The van der Waals surface area contributed by atoms with Crippen molar-refractivity contribution < 1.29 is 36.0 Å². The number of ether oxygens (including phenoxy) is 2. The predicted octanol–water partition coefficient (Wildman–Crippen LogP) is 3.33. The zero-order valence-electron chi connectivity index (χ0n) is 12.7. The Morgan fingerprint density at radius 2 is 1.50 bits per heavy atom. The van der Waals surface area contributed by atoms with Gasteiger partial charge in [-0.2, -0.15) is 0 Å². The number of quaternary nitrogens is 1. The van der Waals surface area contributed by atoms with E-state index in [0.717, 1.165) is 0 Å². The topological polar surface area (TPSA) is 35.5 Å². The van der Waals surface area contributed by atoms with Gasteiger partial charge in [-0.3, -0.25) is 0 Å². The molecule has 1 rings (SSSR count). The standard InChI is InChI=1S/C7H18N.C4H6O3.BF4/c1-5-8(4,6-2)7-3;1-3-2-6-4(5)7-3;2-1(3,4)5/h5-7H2,1-4H3;3H,2H2,1H3;/q+1;;-1. The smallest absolute Gasteiger partial charge is 0.430 e. The van der Waals surface area contributed by atoms with Crippen LogP contribution in [0.25, 0.3) is 0 Å². The largest absolute Gasteiger partial charge is 0.673 e. The van der Waals surface area contributed by atoms with Crippen molar-refractivity contribution in [2.75, 3.05) is 33.3 Å². The first-order valence-electron chi connectivity index (χ1n) is 6.51. The summed E-state index contributed by atoms with van der Waals surface area (Å²) in [5, 5.41) is 0. The molecule has 122 valence electrons. The Morgan fingerprint density at radius 1 is 1.15 bits per heavy atom. The Morgan fingerprint density at radius 3 is 1.55 bits per heavy atom. The summed E-state index contributed by atoms with van der Waals surface area (Å²) in [5.74, 6) is 0. The first kappa shape index (κ1) is 21.3. The number of hydrogen-bond acceptors (Lipinski definition) is 3. The Labute approximate surface area is 117 Å². The molecule has 0 aromatic rings. The predicted molar refractivity (Wildman–Crippen MR) is 69.9 cm³/mol. The Balaban J connectivity index is 0. The highest BCUT2D eigenvalue weighted by molar-refractivity contribution is 6.50. The molecule has 0 spiro atoms. The fraction of sp³-hybridized carbons (Fsp3) is 0.909. The number of cyclic esters (lactones) is 2. The van der Waals surface area contributed by atoms with Gasteiger partial charge in [0.05, 0.1) is 26.7 Å². The molecule has 1 aliphatic rings. The van der Waals surface area contributed by atoms with E-state index in [4.69, 9.17) is 0 Å². The van der Waals surface area contributed by atoms with Crippen LogP contribution in [0.1, 0.15) is 27.7 Å². The molecule has 0 aromatic carbocycles. The fourth-order valence-corrected chi connectivity index (χ4v) is 1.09. The van der Waals surface area contributed by atoms with Crippen LogP contribution in [0.3, 0.4) is 0 Å². The van der Waals surface area contributed by atoms with Crippen LogP contribution in [0.4, 0.5) is 22.1 Å². The second kappa shape index (κ2) is 9.85. The van der Waals surface area contributed by atoms with Crippen LogP contribution in [0, 0.1) is 0 Å². The molecule has 0 N–H and O–H groups in total. The van der Waals surface area contributed by atoms with E-state index in [9.17, 15) is 22.1 Å². The van der Waals surface area contributed by atoms with Gasteiger partial charge in [0.2, 0.25) is 0 Å². The molecule has 0 amide bonds. The van der Waals surface area contributed by atoms with E-state index in [1.54, 1.807) is 6.92 Å². The van der Waals surface area contributed by atoms with Crippen LogP contribution < -0.4 is 0 Å². The maximum Gasteiger partial charge on any atom is 0.673 e. The molecule has 1 atom stereocenters. The molecule has 0 aliphatic carbocycles. The summed E-state index contributed by atoms with van der Waals surface area (Å²) < 4.78 is 49.1. The van der Waals surface area contributed by atoms with Crippen molar-refractivity contribution in [2.45, 2.75) is 33.8 Å². The number of carbonyl (C=O) groups excluding carboxylic acids is 1. The second-order valence-electron chi connectivity index (χ2n) is 4.55. The lowest BCUT2D eigenvalue weighted by molar-refractivity contribution is -0.904. The third-order valence-corrected chi connectivity index (χ3v) is 3.02. The lowest BCUT2D eigenvalue weighted by atomic mass is 10.3. The van der Waals surface area contributed by atoms with Gasteiger partial charge in [-0.1, -0.05) is 0 Å². The van der Waals surface area contributed by atoms with Crippen LogP contribution in [-0.4, -0.2) is 57.3 Å². The van der Waals surface area contributed by atoms with E-state index in [1.807, 2.05) is 0 Å². The molecule has 0 aromatic heterocycles. The molecule has 4 nitrogen and oxygen atoms in total. The third-order valence-electron chi connectivity index (χ3n) is 3.02. The molecular formula is C11H24BF4NO3. The highest BCUT2D eigenvalue weighted by atomic mass is 19.5. The van der Waals surface area contributed by atoms with Crippen molar-refractivity contribution in [1.82, 2.24) is 0 Å². The zero-order chi connectivity index (χ0) is 16.4. The number of carbonyl (C=O) groups is 1. The van der Waals surface area contributed by atoms with E-state index >= 15 is 0 Å². The molecule has 9 heteroatoms. The van der Waals surface area contributed by atoms with Crippen LogP contribution in [0.5, 0.6) is 0 Å². The van der Waals surface area contributed by atoms with Gasteiger partial charge in [0.15, 0.2) is 0 Å². The quantitative estimate of drug-likeness (QED) is 0.347. The van der Waals surface area contributed by atoms with Gasteiger partial charge < -0.3 is 31.2 Å². The molecule has 1 unspecified atom stereocenters. The van der Waals surface area contributed by atoms with E-state index in [2.05, 4.69) is 37.3 Å². The van der Waals surface area contributed by atoms with Crippen LogP contribution in [-0.2, 0) is 9.47 Å². The van der Waals surface area contributed by atoms with Crippen molar-refractivity contribution in [3.63, 3.8) is 0 Å². The molecule has 0 radical (unpaired) electrons. The number of rotatable bonds is 3. The second-order valence-corrected chi connectivity index (χ2v) is 4.55. The normalized spacial score (nSPS) is 18.1. The first-order valence-corrected chi connectivity index (χ1v) is 6.51. The Hall–Kier alpha value is -0.985. The van der Waals surface area contributed by atoms with Crippen molar-refractivity contribution >= 4 is 13.4 Å². The van der Waals surface area contributed by atoms with Crippen LogP contribution in [0.15, 0.2) is 0 Å². The molecule has 1 heterocycles. The minimum Gasteiger partial charge on any atom is -0.430 e. The summed E-state index contributed by atoms with van der Waals surface area (Å²) in [7, 11) is -3.71. The van der Waals surface area contributed by atoms with Gasteiger partial charge in [0, 0.05) is 0 Å². The van der Waals surface area contributed by atoms with Crippen molar-refractivity contribution in [1.29, 1.82) is 0 Å². The average molecular weight is 305 g/mol. The minimum absolute atomic E-state index is 0.0486. The summed E-state index contributed by atoms with van der Waals surface area (Å²) in [6.45, 7) is 12.7. The van der Waals surface area contributed by atoms with Gasteiger partial charge in [-0.15, -0.1) is 0 Å². The molecule has 0 bridgehead atoms. The SMILES string of the molecule is CC1COC(=O)O1.CC[N+](C)(CC)CC.F[B-](F)(F)F. The van der Waals surface area contributed by atoms with E-state index in [-0.39, 0.29) is 6.10 Å². The van der Waals surface area contributed by atoms with E-state index < -0.39 is 13.4 Å². The number of hydrogen-bond donors (Lipinski definition) is 0. The Kier molecular flexibility index (Phi) is 10.5. The molecular weight excluding hydrogens is 281 g/mol. The first-order chi connectivity index (χ1) is 8.97. The van der Waals surface area contributed by atoms with Crippen molar-refractivity contribution in [2.24, 2.45) is 0 Å². The summed E-state index contributed by atoms with van der Waals surface area (Å²) >= 11 is 0. The highest BCUT2D eigenvalue weighted by Gasteiger charge is 2.20. The third kappa shape index (κ3) is 15.1. The lowest BCUT2D eigenvalue weighted by Gasteiger charge is -2.30. The van der Waals surface area contributed by atoms with Gasteiger partial charge in [-0.05, 0) is 27.7 Å². The van der Waals surface area contributed by atoms with Gasteiger partial charge in [-0.25, -0.2) is 4.79 Å². The van der Waals surface area contributed by atoms with E-state index in [1.165, 1.54) is 24.1 Å². The Bertz CT molecular complexity index is 259. The number of halogens is 4. The molecule has 20 heavy (non-hydrogen) atoms.